The van der Waals surface area contributed by atoms with Crippen LogP contribution in [0.1, 0.15) is 36.9 Å². The van der Waals surface area contributed by atoms with Crippen LogP contribution in [-0.4, -0.2) is 74.5 Å². The Bertz CT molecular complexity index is 1230. The van der Waals surface area contributed by atoms with Gasteiger partial charge in [0.15, 0.2) is 0 Å². The molecule has 196 valence electrons. The Morgan fingerprint density at radius 2 is 1.78 bits per heavy atom. The van der Waals surface area contributed by atoms with Gasteiger partial charge in [0.2, 0.25) is 0 Å². The normalized spacial score (nSPS) is 22.4. The molecule has 2 saturated heterocycles. The summed E-state index contributed by atoms with van der Waals surface area (Å²) in [5.41, 5.74) is 3.67. The number of likely N-dealkylation sites (tertiary alicyclic amines) is 1. The zero-order valence-corrected chi connectivity index (χ0v) is 22.2. The van der Waals surface area contributed by atoms with Crippen LogP contribution < -0.4 is 14.5 Å². The van der Waals surface area contributed by atoms with Crippen molar-refractivity contribution in [1.29, 1.82) is 0 Å². The van der Waals surface area contributed by atoms with Crippen LogP contribution in [-0.2, 0) is 17.7 Å². The van der Waals surface area contributed by atoms with Crippen molar-refractivity contribution < 1.29 is 9.47 Å². The summed E-state index contributed by atoms with van der Waals surface area (Å²) in [7, 11) is 3.99. The Labute approximate surface area is 220 Å². The molecular weight excluding hydrogens is 462 g/mol. The van der Waals surface area contributed by atoms with Gasteiger partial charge >= 0.3 is 6.01 Å². The van der Waals surface area contributed by atoms with E-state index in [2.05, 4.69) is 64.2 Å². The summed E-state index contributed by atoms with van der Waals surface area (Å²) < 4.78 is 11.8. The van der Waals surface area contributed by atoms with Crippen molar-refractivity contribution in [2.75, 3.05) is 63.4 Å². The molecule has 7 nitrogen and oxygen atoms in total. The molecule has 3 aliphatic rings. The molecule has 0 amide bonds. The van der Waals surface area contributed by atoms with E-state index in [-0.39, 0.29) is 0 Å². The quantitative estimate of drug-likeness (QED) is 0.472. The molecule has 0 spiro atoms. The Kier molecular flexibility index (Phi) is 7.16. The molecule has 2 fully saturated rings. The minimum Gasteiger partial charge on any atom is -0.462 e. The maximum atomic E-state index is 6.31. The van der Waals surface area contributed by atoms with E-state index >= 15 is 0 Å². The zero-order valence-electron chi connectivity index (χ0n) is 22.2. The lowest BCUT2D eigenvalue weighted by Crippen LogP contribution is -2.40. The molecule has 1 unspecified atom stereocenters. The first-order chi connectivity index (χ1) is 18.2. The van der Waals surface area contributed by atoms with Gasteiger partial charge in [-0.2, -0.15) is 9.97 Å². The number of methoxy groups -OCH3 is 1. The molecular formula is C30H39N5O2. The van der Waals surface area contributed by atoms with Crippen molar-refractivity contribution in [3.8, 4) is 6.01 Å². The number of piperidine rings is 1. The molecule has 37 heavy (non-hydrogen) atoms. The van der Waals surface area contributed by atoms with Crippen LogP contribution in [0.4, 0.5) is 11.5 Å². The lowest BCUT2D eigenvalue weighted by molar-refractivity contribution is 0.143. The van der Waals surface area contributed by atoms with Crippen LogP contribution in [0.15, 0.2) is 42.5 Å². The maximum absolute atomic E-state index is 6.31. The van der Waals surface area contributed by atoms with Crippen molar-refractivity contribution in [2.45, 2.75) is 44.7 Å². The van der Waals surface area contributed by atoms with E-state index in [4.69, 9.17) is 19.4 Å². The second-order valence-electron chi connectivity index (χ2n) is 10.9. The largest absolute Gasteiger partial charge is 0.462 e. The fourth-order valence-electron chi connectivity index (χ4n) is 6.39. The fourth-order valence-corrected chi connectivity index (χ4v) is 6.39. The molecule has 4 heterocycles. The Morgan fingerprint density at radius 1 is 0.919 bits per heavy atom. The average molecular weight is 502 g/mol. The van der Waals surface area contributed by atoms with E-state index in [9.17, 15) is 0 Å². The number of rotatable bonds is 7. The summed E-state index contributed by atoms with van der Waals surface area (Å²) in [5.74, 6) is 1.62. The maximum Gasteiger partial charge on any atom is 0.318 e. The molecule has 7 heteroatoms. The number of hydrogen-bond donors (Lipinski definition) is 0. The van der Waals surface area contributed by atoms with Crippen molar-refractivity contribution in [1.82, 2.24) is 14.9 Å². The van der Waals surface area contributed by atoms with Gasteiger partial charge in [-0.1, -0.05) is 36.4 Å². The van der Waals surface area contributed by atoms with Gasteiger partial charge in [-0.05, 0) is 63.1 Å². The summed E-state index contributed by atoms with van der Waals surface area (Å²) in [6.45, 7) is 6.33. The van der Waals surface area contributed by atoms with Crippen LogP contribution in [0, 0.1) is 5.92 Å². The molecule has 0 radical (unpaired) electrons. The molecule has 3 aliphatic heterocycles. The third kappa shape index (κ3) is 5.12. The van der Waals surface area contributed by atoms with Crippen LogP contribution in [0.3, 0.4) is 0 Å². The van der Waals surface area contributed by atoms with E-state index in [1.165, 1.54) is 41.3 Å². The van der Waals surface area contributed by atoms with Crippen molar-refractivity contribution >= 4 is 22.3 Å². The van der Waals surface area contributed by atoms with E-state index in [0.717, 1.165) is 63.7 Å². The van der Waals surface area contributed by atoms with Crippen LogP contribution in [0.25, 0.3) is 10.8 Å². The Balaban J connectivity index is 1.32. The van der Waals surface area contributed by atoms with Gasteiger partial charge in [0.05, 0.1) is 18.8 Å². The average Bonchev–Trinajstić information content (AvgIpc) is 3.35. The molecule has 2 atom stereocenters. The number of fused-ring (bicyclic) bond motifs is 2. The molecule has 3 aromatic rings. The number of ether oxygens (including phenoxy) is 2. The van der Waals surface area contributed by atoms with Crippen molar-refractivity contribution in [3.05, 3.63) is 53.7 Å². The summed E-state index contributed by atoms with van der Waals surface area (Å²) >= 11 is 0. The van der Waals surface area contributed by atoms with Crippen LogP contribution >= 0.6 is 0 Å². The van der Waals surface area contributed by atoms with Crippen LogP contribution in [0.2, 0.25) is 0 Å². The molecule has 0 aliphatic carbocycles. The summed E-state index contributed by atoms with van der Waals surface area (Å²) in [5, 5.41) is 2.57. The molecule has 6 rings (SSSR count). The minimum atomic E-state index is 0.441. The molecule has 0 bridgehead atoms. The number of anilines is 2. The Morgan fingerprint density at radius 3 is 2.65 bits per heavy atom. The van der Waals surface area contributed by atoms with Gasteiger partial charge in [-0.15, -0.1) is 0 Å². The van der Waals surface area contributed by atoms with Gasteiger partial charge in [0.1, 0.15) is 12.4 Å². The third-order valence-corrected chi connectivity index (χ3v) is 8.43. The number of nitrogens with zero attached hydrogens (tertiary/aromatic N) is 5. The number of aromatic nitrogens is 2. The standard InChI is InChI=1S/C30H39N5O2/c1-33-15-7-11-24(33)21-37-30-31-27-19-34(28-13-5-10-23-9-3-4-12-25(23)28)17-14-26(27)29(32-30)35-16-6-8-22(18-35)20-36-2/h3-5,9-10,12-13,22,24H,6-8,11,14-21H2,1-2H3/t22?,24-/m0/s1. The number of likely N-dealkylation sites (N-methyl/N-ethyl adjacent to an activating group) is 1. The third-order valence-electron chi connectivity index (χ3n) is 8.43. The van der Waals surface area contributed by atoms with E-state index in [0.29, 0.717) is 24.6 Å². The topological polar surface area (TPSA) is 54.0 Å². The van der Waals surface area contributed by atoms with Gasteiger partial charge in [-0.25, -0.2) is 0 Å². The first-order valence-electron chi connectivity index (χ1n) is 13.9. The molecule has 0 saturated carbocycles. The van der Waals surface area contributed by atoms with Crippen molar-refractivity contribution in [2.24, 2.45) is 5.92 Å². The smallest absolute Gasteiger partial charge is 0.318 e. The van der Waals surface area contributed by atoms with Crippen molar-refractivity contribution in [3.63, 3.8) is 0 Å². The Hall–Kier alpha value is -2.90. The highest BCUT2D eigenvalue weighted by molar-refractivity contribution is 5.94. The second-order valence-corrected chi connectivity index (χ2v) is 10.9. The molecule has 2 aromatic carbocycles. The highest BCUT2D eigenvalue weighted by atomic mass is 16.5. The lowest BCUT2D eigenvalue weighted by Gasteiger charge is -2.37. The monoisotopic (exact) mass is 501 g/mol. The summed E-state index contributed by atoms with van der Waals surface area (Å²) in [6.07, 6.45) is 5.72. The molecule has 0 N–H and O–H groups in total. The minimum absolute atomic E-state index is 0.441. The SMILES string of the molecule is COCC1CCCN(c2nc(OC[C@@H]3CCCN3C)nc3c2CCN(c2cccc4ccccc24)C3)C1. The predicted molar refractivity (Wildman–Crippen MR) is 149 cm³/mol. The first-order valence-corrected chi connectivity index (χ1v) is 13.9. The van der Waals surface area contributed by atoms with Gasteiger partial charge in [0.25, 0.3) is 0 Å². The lowest BCUT2D eigenvalue weighted by atomic mass is 9.97. The number of hydrogen-bond acceptors (Lipinski definition) is 7. The zero-order chi connectivity index (χ0) is 25.2. The van der Waals surface area contributed by atoms with E-state index < -0.39 is 0 Å². The summed E-state index contributed by atoms with van der Waals surface area (Å²) in [6, 6.07) is 16.2. The predicted octanol–water partition coefficient (Wildman–Crippen LogP) is 4.53. The second kappa shape index (κ2) is 10.8. The first kappa shape index (κ1) is 24.4. The van der Waals surface area contributed by atoms with E-state index in [1.807, 2.05) is 0 Å². The fraction of sp³-hybridized carbons (Fsp3) is 0.533. The highest BCUT2D eigenvalue weighted by Crippen LogP contribution is 2.35. The van der Waals surface area contributed by atoms with E-state index in [1.54, 1.807) is 7.11 Å². The van der Waals surface area contributed by atoms with Crippen LogP contribution in [0.5, 0.6) is 6.01 Å². The highest BCUT2D eigenvalue weighted by Gasteiger charge is 2.30. The number of benzene rings is 2. The van der Waals surface area contributed by atoms with Gasteiger partial charge in [0, 0.05) is 49.4 Å². The summed E-state index contributed by atoms with van der Waals surface area (Å²) in [4.78, 5) is 17.4. The molecule has 1 aromatic heterocycles. The van der Waals surface area contributed by atoms with Gasteiger partial charge in [-0.3, -0.25) is 0 Å². The van der Waals surface area contributed by atoms with Gasteiger partial charge < -0.3 is 24.2 Å².